The molecule has 0 saturated carbocycles. The minimum atomic E-state index is 0. The van der Waals surface area contributed by atoms with Gasteiger partial charge in [-0.3, -0.25) is 0 Å². The van der Waals surface area contributed by atoms with Gasteiger partial charge in [0.15, 0.2) is 0 Å². The summed E-state index contributed by atoms with van der Waals surface area (Å²) in [6.45, 7) is 33.7. The molecule has 1 saturated heterocycles. The van der Waals surface area contributed by atoms with Gasteiger partial charge in [-0.2, -0.15) is 0 Å². The van der Waals surface area contributed by atoms with Crippen molar-refractivity contribution in [1.82, 2.24) is 0 Å². The summed E-state index contributed by atoms with van der Waals surface area (Å²) in [4.78, 5) is 0. The van der Waals surface area contributed by atoms with Gasteiger partial charge in [0.05, 0.1) is 52.4 Å². The van der Waals surface area contributed by atoms with Crippen LogP contribution in [0.2, 0.25) is 0 Å². The quantitative estimate of drug-likeness (QED) is 0.0400. The number of nitrogens with zero attached hydrogens (tertiary/aromatic N) is 2. The summed E-state index contributed by atoms with van der Waals surface area (Å²) in [5.41, 5.74) is 0. The Balaban J connectivity index is -0.000000654. The van der Waals surface area contributed by atoms with Crippen LogP contribution in [0.25, 0.3) is 0 Å². The van der Waals surface area contributed by atoms with Crippen LogP contribution in [-0.4, -0.2) is 72.8 Å². The van der Waals surface area contributed by atoms with E-state index in [2.05, 4.69) is 62.0 Å². The average Bonchev–Trinajstić information content (AvgIpc) is 3.75. The molecular weight excluding hydrogens is 758 g/mol. The molecule has 0 atom stereocenters. The second kappa shape index (κ2) is 46.1. The molecular formula is C50H94N2S2Zn+2. The average molecular weight is 853 g/mol. The molecule has 316 valence electrons. The molecule has 0 N–H and O–H groups in total. The van der Waals surface area contributed by atoms with Crippen LogP contribution in [0.4, 0.5) is 0 Å². The van der Waals surface area contributed by atoms with E-state index in [4.69, 9.17) is 0 Å². The van der Waals surface area contributed by atoms with Crippen LogP contribution in [0, 0.1) is 5.92 Å². The maximum atomic E-state index is 3.71. The van der Waals surface area contributed by atoms with Crippen LogP contribution in [0.5, 0.6) is 0 Å². The Morgan fingerprint density at radius 3 is 0.727 bits per heavy atom. The van der Waals surface area contributed by atoms with Crippen molar-refractivity contribution < 1.29 is 28.4 Å². The Morgan fingerprint density at radius 1 is 0.400 bits per heavy atom. The summed E-state index contributed by atoms with van der Waals surface area (Å²) in [6.07, 6.45) is 25.4. The van der Waals surface area contributed by atoms with Gasteiger partial charge in [0.2, 0.25) is 0 Å². The third-order valence-electron chi connectivity index (χ3n) is 10.4. The topological polar surface area (TPSA) is 0 Å². The Labute approximate surface area is 367 Å². The SMILES string of the molecule is C=CCC1CSSC1.CCCC[N+](CCCC)(CCCC)CCCC.CCCC[N+](CCCC)(CCCC)CCCC.[Zn].c1ccccc1.c1ccccc1. The smallest absolute Gasteiger partial charge is 0.0786 e. The van der Waals surface area contributed by atoms with Gasteiger partial charge in [-0.25, -0.2) is 0 Å². The minimum Gasteiger partial charge on any atom is -0.324 e. The van der Waals surface area contributed by atoms with Gasteiger partial charge in [0.25, 0.3) is 0 Å². The van der Waals surface area contributed by atoms with Gasteiger partial charge in [-0.1, -0.05) is 207 Å². The molecule has 2 nitrogen and oxygen atoms in total. The van der Waals surface area contributed by atoms with E-state index in [0.717, 1.165) is 5.92 Å². The van der Waals surface area contributed by atoms with Crippen molar-refractivity contribution in [2.75, 3.05) is 63.9 Å². The molecule has 1 aliphatic rings. The first-order valence-electron chi connectivity index (χ1n) is 23.0. The summed E-state index contributed by atoms with van der Waals surface area (Å²) in [6, 6.07) is 24.0. The first-order chi connectivity index (χ1) is 26.4. The van der Waals surface area contributed by atoms with Crippen molar-refractivity contribution in [1.29, 1.82) is 0 Å². The van der Waals surface area contributed by atoms with E-state index in [1.807, 2.05) is 100 Å². The molecule has 0 bridgehead atoms. The van der Waals surface area contributed by atoms with Crippen molar-refractivity contribution in [2.45, 2.75) is 165 Å². The van der Waals surface area contributed by atoms with Crippen LogP contribution in [0.1, 0.15) is 165 Å². The second-order valence-corrected chi connectivity index (χ2v) is 18.1. The van der Waals surface area contributed by atoms with E-state index >= 15 is 0 Å². The van der Waals surface area contributed by atoms with Crippen LogP contribution in [-0.2, 0) is 19.5 Å². The first kappa shape index (κ1) is 58.7. The summed E-state index contributed by atoms with van der Waals surface area (Å²) in [7, 11) is 3.98. The van der Waals surface area contributed by atoms with E-state index in [1.54, 1.807) is 0 Å². The monoisotopic (exact) mass is 851 g/mol. The van der Waals surface area contributed by atoms with Gasteiger partial charge in [0, 0.05) is 31.0 Å². The van der Waals surface area contributed by atoms with Crippen molar-refractivity contribution in [3.63, 3.8) is 0 Å². The molecule has 0 radical (unpaired) electrons. The molecule has 0 amide bonds. The van der Waals surface area contributed by atoms with Crippen molar-refractivity contribution in [3.05, 3.63) is 85.5 Å². The van der Waals surface area contributed by atoms with Gasteiger partial charge in [-0.05, 0) is 63.7 Å². The molecule has 3 rings (SSSR count). The molecule has 0 aliphatic carbocycles. The number of allylic oxidation sites excluding steroid dienone is 1. The maximum absolute atomic E-state index is 3.71. The second-order valence-electron chi connectivity index (χ2n) is 15.6. The Morgan fingerprint density at radius 2 is 0.582 bits per heavy atom. The molecule has 55 heavy (non-hydrogen) atoms. The molecule has 1 heterocycles. The Kier molecular flexibility index (Phi) is 49.3. The summed E-state index contributed by atoms with van der Waals surface area (Å²) < 4.78 is 2.84. The predicted octanol–water partition coefficient (Wildman–Crippen LogP) is 16.0. The molecule has 1 fully saturated rings. The minimum absolute atomic E-state index is 0. The third-order valence-corrected chi connectivity index (χ3v) is 13.1. The number of rotatable bonds is 26. The number of quaternary nitrogens is 2. The van der Waals surface area contributed by atoms with Crippen LogP contribution >= 0.6 is 21.6 Å². The molecule has 2 aromatic rings. The van der Waals surface area contributed by atoms with E-state index in [-0.39, 0.29) is 19.5 Å². The summed E-state index contributed by atoms with van der Waals surface area (Å²) >= 11 is 0. The fourth-order valence-electron chi connectivity index (χ4n) is 6.77. The predicted molar refractivity (Wildman–Crippen MR) is 255 cm³/mol. The van der Waals surface area contributed by atoms with Gasteiger partial charge >= 0.3 is 0 Å². The molecule has 0 unspecified atom stereocenters. The van der Waals surface area contributed by atoms with Crippen LogP contribution in [0.3, 0.4) is 0 Å². The van der Waals surface area contributed by atoms with Gasteiger partial charge < -0.3 is 8.97 Å². The fraction of sp³-hybridized carbons (Fsp3) is 0.720. The van der Waals surface area contributed by atoms with E-state index in [9.17, 15) is 0 Å². The van der Waals surface area contributed by atoms with Crippen LogP contribution in [0.15, 0.2) is 85.5 Å². The molecule has 0 spiro atoms. The van der Waals surface area contributed by atoms with Crippen molar-refractivity contribution >= 4 is 21.6 Å². The zero-order valence-corrected chi connectivity index (χ0v) is 42.9. The third kappa shape index (κ3) is 37.4. The van der Waals surface area contributed by atoms with Gasteiger partial charge in [0.1, 0.15) is 0 Å². The standard InChI is InChI=1S/2C16H36N.C6H10S2.2C6H6.Zn/c2*1-5-9-13-17(14-10-6-2,15-11-7-3)16-12-8-4;1-2-3-6-4-7-8-5-6;2*1-2-4-6-5-3-1;/h2*5-16H2,1-4H3;2,6H,1,3-5H2;2*1-6H;/q2*+1;;;;. The van der Waals surface area contributed by atoms with Crippen molar-refractivity contribution in [2.24, 2.45) is 5.92 Å². The molecule has 0 aromatic heterocycles. The fourth-order valence-corrected chi connectivity index (χ4v) is 9.73. The van der Waals surface area contributed by atoms with Gasteiger partial charge in [-0.15, -0.1) is 6.58 Å². The Hall–Kier alpha value is -0.577. The van der Waals surface area contributed by atoms with E-state index in [1.165, 1.54) is 182 Å². The summed E-state index contributed by atoms with van der Waals surface area (Å²) in [5, 5.41) is 0. The van der Waals surface area contributed by atoms with E-state index in [0.29, 0.717) is 0 Å². The molecule has 5 heteroatoms. The number of unbranched alkanes of at least 4 members (excludes halogenated alkanes) is 8. The van der Waals surface area contributed by atoms with Crippen LogP contribution < -0.4 is 0 Å². The number of hydrogen-bond donors (Lipinski definition) is 0. The van der Waals surface area contributed by atoms with Crippen molar-refractivity contribution in [3.8, 4) is 0 Å². The maximum Gasteiger partial charge on any atom is 0.0786 e. The zero-order valence-electron chi connectivity index (χ0n) is 38.3. The zero-order chi connectivity index (χ0) is 40.3. The largest absolute Gasteiger partial charge is 0.324 e. The summed E-state index contributed by atoms with van der Waals surface area (Å²) in [5.74, 6) is 3.58. The van der Waals surface area contributed by atoms with E-state index < -0.39 is 0 Å². The number of benzene rings is 2. The molecule has 2 aromatic carbocycles. The Bertz CT molecular complexity index is 759. The number of hydrogen-bond acceptors (Lipinski definition) is 2. The first-order valence-corrected chi connectivity index (χ1v) is 25.5. The molecule has 1 aliphatic heterocycles. The normalized spacial score (nSPS) is 12.3.